The van der Waals surface area contributed by atoms with Crippen LogP contribution in [0.4, 0.5) is 0 Å². The summed E-state index contributed by atoms with van der Waals surface area (Å²) in [5.41, 5.74) is 0. The maximum absolute atomic E-state index is 12.3. The van der Waals surface area contributed by atoms with Crippen molar-refractivity contribution in [2.45, 2.75) is 143 Å². The molecule has 0 saturated heterocycles. The zero-order valence-electron chi connectivity index (χ0n) is 20.0. The number of carbonyl (C=O) groups excluding carboxylic acids is 2. The number of rotatable bonds is 22. The zero-order valence-corrected chi connectivity index (χ0v) is 20.0. The van der Waals surface area contributed by atoms with Crippen molar-refractivity contribution in [3.05, 3.63) is 0 Å². The first-order valence-electron chi connectivity index (χ1n) is 12.9. The molecule has 0 bridgehead atoms. The summed E-state index contributed by atoms with van der Waals surface area (Å²) in [4.78, 5) is 24.5. The van der Waals surface area contributed by atoms with Crippen molar-refractivity contribution < 1.29 is 9.59 Å². The molecule has 0 aliphatic heterocycles. The third kappa shape index (κ3) is 18.9. The van der Waals surface area contributed by atoms with E-state index in [2.05, 4.69) is 19.2 Å². The van der Waals surface area contributed by atoms with E-state index in [-0.39, 0.29) is 17.6 Å². The van der Waals surface area contributed by atoms with E-state index in [1.807, 2.05) is 6.92 Å². The number of nitrogens with one attached hydrogen (secondary N) is 1. The Hall–Kier alpha value is -0.860. The van der Waals surface area contributed by atoms with Gasteiger partial charge in [0.2, 0.25) is 5.91 Å². The van der Waals surface area contributed by atoms with Crippen LogP contribution in [0.2, 0.25) is 0 Å². The molecule has 1 N–H and O–H groups in total. The van der Waals surface area contributed by atoms with Crippen molar-refractivity contribution in [1.29, 1.82) is 0 Å². The SMILES string of the molecule is CCCCCCCCCCCCCCCC(=O)CC(CCCCC)C(=O)NCC. The number of Topliss-reactive ketones (excluding diaryl/α,β-unsaturated/α-hetero) is 1. The van der Waals surface area contributed by atoms with Gasteiger partial charge in [-0.1, -0.05) is 110 Å². The molecule has 3 heteroatoms. The third-order valence-electron chi connectivity index (χ3n) is 5.91. The van der Waals surface area contributed by atoms with Gasteiger partial charge in [-0.2, -0.15) is 0 Å². The van der Waals surface area contributed by atoms with Gasteiger partial charge in [0.15, 0.2) is 0 Å². The number of amides is 1. The summed E-state index contributed by atoms with van der Waals surface area (Å²) < 4.78 is 0. The van der Waals surface area contributed by atoms with Gasteiger partial charge in [-0.3, -0.25) is 9.59 Å². The molecular formula is C26H51NO2. The minimum Gasteiger partial charge on any atom is -0.356 e. The second kappa shape index (κ2) is 21.8. The van der Waals surface area contributed by atoms with Gasteiger partial charge in [0, 0.05) is 25.3 Å². The highest BCUT2D eigenvalue weighted by Gasteiger charge is 2.20. The van der Waals surface area contributed by atoms with Crippen molar-refractivity contribution in [3.63, 3.8) is 0 Å². The lowest BCUT2D eigenvalue weighted by Crippen LogP contribution is -2.31. The fourth-order valence-corrected chi connectivity index (χ4v) is 4.00. The fourth-order valence-electron chi connectivity index (χ4n) is 4.00. The predicted octanol–water partition coefficient (Wildman–Crippen LogP) is 7.76. The Bertz CT molecular complexity index is 381. The quantitative estimate of drug-likeness (QED) is 0.186. The summed E-state index contributed by atoms with van der Waals surface area (Å²) in [6, 6.07) is 0. The second-order valence-electron chi connectivity index (χ2n) is 8.82. The van der Waals surface area contributed by atoms with E-state index in [9.17, 15) is 9.59 Å². The second-order valence-corrected chi connectivity index (χ2v) is 8.82. The molecule has 0 aliphatic rings. The summed E-state index contributed by atoms with van der Waals surface area (Å²) in [6.45, 7) is 7.03. The molecule has 0 aromatic rings. The van der Waals surface area contributed by atoms with Crippen LogP contribution in [0.1, 0.15) is 143 Å². The Labute approximate surface area is 182 Å². The average molecular weight is 410 g/mol. The van der Waals surface area contributed by atoms with Crippen LogP contribution in [0, 0.1) is 5.92 Å². The van der Waals surface area contributed by atoms with Crippen LogP contribution in [0.15, 0.2) is 0 Å². The van der Waals surface area contributed by atoms with Crippen LogP contribution in [-0.4, -0.2) is 18.2 Å². The minimum atomic E-state index is -0.115. The first kappa shape index (κ1) is 28.1. The molecule has 172 valence electrons. The molecule has 0 radical (unpaired) electrons. The van der Waals surface area contributed by atoms with Gasteiger partial charge in [0.1, 0.15) is 5.78 Å². The lowest BCUT2D eigenvalue weighted by Gasteiger charge is -2.15. The van der Waals surface area contributed by atoms with Gasteiger partial charge in [0.25, 0.3) is 0 Å². The van der Waals surface area contributed by atoms with Crippen molar-refractivity contribution in [2.24, 2.45) is 5.92 Å². The zero-order chi connectivity index (χ0) is 21.6. The van der Waals surface area contributed by atoms with Gasteiger partial charge in [-0.15, -0.1) is 0 Å². The van der Waals surface area contributed by atoms with Gasteiger partial charge in [-0.05, 0) is 19.8 Å². The first-order chi connectivity index (χ1) is 14.2. The monoisotopic (exact) mass is 409 g/mol. The molecular weight excluding hydrogens is 358 g/mol. The topological polar surface area (TPSA) is 46.2 Å². The van der Waals surface area contributed by atoms with E-state index in [0.717, 1.165) is 38.5 Å². The number of unbranched alkanes of at least 4 members (excludes halogenated alkanes) is 14. The molecule has 0 rings (SSSR count). The lowest BCUT2D eigenvalue weighted by molar-refractivity contribution is -0.129. The van der Waals surface area contributed by atoms with Crippen LogP contribution in [0.5, 0.6) is 0 Å². The Balaban J connectivity index is 3.66. The van der Waals surface area contributed by atoms with Crippen LogP contribution in [0.3, 0.4) is 0 Å². The van der Waals surface area contributed by atoms with E-state index in [4.69, 9.17) is 0 Å². The van der Waals surface area contributed by atoms with E-state index in [1.54, 1.807) is 0 Å². The largest absolute Gasteiger partial charge is 0.356 e. The Morgan fingerprint density at radius 3 is 1.55 bits per heavy atom. The van der Waals surface area contributed by atoms with E-state index in [0.29, 0.717) is 19.4 Å². The van der Waals surface area contributed by atoms with Crippen molar-refractivity contribution >= 4 is 11.7 Å². The summed E-state index contributed by atoms with van der Waals surface area (Å²) in [7, 11) is 0. The number of ketones is 1. The fraction of sp³-hybridized carbons (Fsp3) is 0.923. The van der Waals surface area contributed by atoms with Gasteiger partial charge < -0.3 is 5.32 Å². The molecule has 0 aliphatic carbocycles. The van der Waals surface area contributed by atoms with E-state index >= 15 is 0 Å². The summed E-state index contributed by atoms with van der Waals surface area (Å²) >= 11 is 0. The molecule has 1 atom stereocenters. The molecule has 0 aromatic heterocycles. The first-order valence-corrected chi connectivity index (χ1v) is 12.9. The highest BCUT2D eigenvalue weighted by Crippen LogP contribution is 2.18. The molecule has 0 aromatic carbocycles. The molecule has 0 saturated carbocycles. The maximum Gasteiger partial charge on any atom is 0.223 e. The molecule has 3 nitrogen and oxygen atoms in total. The molecule has 0 heterocycles. The summed E-state index contributed by atoms with van der Waals surface area (Å²) in [6.07, 6.45) is 22.5. The van der Waals surface area contributed by atoms with Crippen LogP contribution in [0.25, 0.3) is 0 Å². The number of hydrogen-bond acceptors (Lipinski definition) is 2. The van der Waals surface area contributed by atoms with Crippen LogP contribution in [-0.2, 0) is 9.59 Å². The number of hydrogen-bond donors (Lipinski definition) is 1. The molecule has 1 unspecified atom stereocenters. The molecule has 0 spiro atoms. The van der Waals surface area contributed by atoms with E-state index < -0.39 is 0 Å². The molecule has 0 fully saturated rings. The standard InChI is InChI=1S/C26H51NO2/c1-4-7-9-10-11-12-13-14-15-16-17-18-20-22-25(28)23-24(21-19-8-5-2)26(29)27-6-3/h24H,4-23H2,1-3H3,(H,27,29). The molecule has 1 amide bonds. The third-order valence-corrected chi connectivity index (χ3v) is 5.91. The van der Waals surface area contributed by atoms with Gasteiger partial charge >= 0.3 is 0 Å². The highest BCUT2D eigenvalue weighted by atomic mass is 16.2. The number of carbonyl (C=O) groups is 2. The molecule has 29 heavy (non-hydrogen) atoms. The Morgan fingerprint density at radius 2 is 1.07 bits per heavy atom. The van der Waals surface area contributed by atoms with Gasteiger partial charge in [0.05, 0.1) is 0 Å². The average Bonchev–Trinajstić information content (AvgIpc) is 2.71. The normalized spacial score (nSPS) is 12.1. The van der Waals surface area contributed by atoms with Gasteiger partial charge in [-0.25, -0.2) is 0 Å². The van der Waals surface area contributed by atoms with Crippen molar-refractivity contribution in [2.75, 3.05) is 6.54 Å². The van der Waals surface area contributed by atoms with Crippen molar-refractivity contribution in [1.82, 2.24) is 5.32 Å². The minimum absolute atomic E-state index is 0.0716. The highest BCUT2D eigenvalue weighted by molar-refractivity contribution is 5.86. The lowest BCUT2D eigenvalue weighted by atomic mass is 9.93. The van der Waals surface area contributed by atoms with Crippen LogP contribution < -0.4 is 5.32 Å². The smallest absolute Gasteiger partial charge is 0.223 e. The van der Waals surface area contributed by atoms with Crippen LogP contribution >= 0.6 is 0 Å². The maximum atomic E-state index is 12.3. The predicted molar refractivity (Wildman–Crippen MR) is 126 cm³/mol. The van der Waals surface area contributed by atoms with Crippen molar-refractivity contribution in [3.8, 4) is 0 Å². The summed E-state index contributed by atoms with van der Waals surface area (Å²) in [5.74, 6) is 0.235. The Kier molecular flexibility index (Phi) is 21.2. The Morgan fingerprint density at radius 1 is 0.621 bits per heavy atom. The van der Waals surface area contributed by atoms with E-state index in [1.165, 1.54) is 70.6 Å². The summed E-state index contributed by atoms with van der Waals surface area (Å²) in [5, 5.41) is 2.90.